The highest BCUT2D eigenvalue weighted by Crippen LogP contribution is 2.17. The van der Waals surface area contributed by atoms with Crippen molar-refractivity contribution in [2.24, 2.45) is 5.10 Å². The zero-order valence-electron chi connectivity index (χ0n) is 15.8. The molecule has 0 spiro atoms. The summed E-state index contributed by atoms with van der Waals surface area (Å²) in [6, 6.07) is 4.96. The Morgan fingerprint density at radius 2 is 1.90 bits per heavy atom. The topological polar surface area (TPSA) is 172 Å². The first-order valence-electron chi connectivity index (χ1n) is 8.33. The third-order valence-corrected chi connectivity index (χ3v) is 4.44. The molecule has 0 radical (unpaired) electrons. The minimum absolute atomic E-state index is 0.0864. The number of carbonyl (C=O) groups is 2. The Hall–Kier alpha value is -3.39. The quantitative estimate of drug-likeness (QED) is 0.181. The molecule has 0 saturated carbocycles. The molecule has 0 bridgehead atoms. The van der Waals surface area contributed by atoms with E-state index in [-0.39, 0.29) is 29.4 Å². The standard InChI is InChI=1S/C10H11N3O5S.C6H4ClNO4/c1-19-6-8-5-12(10(14)18-8)11-4-7-2-3-9(17-7)13(15)16;7-3-4(9)5-1-2-6(12-5)8(10)11/h2-4,8H,5-6H2,1H3;1-2H,3H2/b11-4+;. The first-order chi connectivity index (χ1) is 14.7. The molecular formula is C16H15ClN4O9S. The molecule has 1 aliphatic heterocycles. The predicted molar refractivity (Wildman–Crippen MR) is 109 cm³/mol. The molecular weight excluding hydrogens is 460 g/mol. The van der Waals surface area contributed by atoms with Gasteiger partial charge in [-0.1, -0.05) is 0 Å². The molecule has 31 heavy (non-hydrogen) atoms. The van der Waals surface area contributed by atoms with Crippen molar-refractivity contribution in [3.63, 3.8) is 0 Å². The highest BCUT2D eigenvalue weighted by Gasteiger charge is 2.30. The highest BCUT2D eigenvalue weighted by atomic mass is 35.5. The van der Waals surface area contributed by atoms with E-state index in [2.05, 4.69) is 9.52 Å². The molecule has 3 rings (SSSR count). The molecule has 15 heteroatoms. The molecule has 0 aromatic carbocycles. The molecule has 2 aromatic rings. The van der Waals surface area contributed by atoms with Crippen LogP contribution in [0.1, 0.15) is 16.3 Å². The van der Waals surface area contributed by atoms with E-state index in [0.29, 0.717) is 12.3 Å². The van der Waals surface area contributed by atoms with Crippen LogP contribution in [0.3, 0.4) is 0 Å². The van der Waals surface area contributed by atoms with Gasteiger partial charge >= 0.3 is 17.9 Å². The van der Waals surface area contributed by atoms with Crippen molar-refractivity contribution < 1.29 is 33.0 Å². The number of hydrazone groups is 1. The fraction of sp³-hybridized carbons (Fsp3) is 0.312. The van der Waals surface area contributed by atoms with Gasteiger partial charge in [0.05, 0.1) is 30.8 Å². The van der Waals surface area contributed by atoms with Crippen molar-refractivity contribution in [2.75, 3.05) is 24.4 Å². The van der Waals surface area contributed by atoms with E-state index in [9.17, 15) is 29.8 Å². The van der Waals surface area contributed by atoms with Crippen molar-refractivity contribution in [3.05, 3.63) is 56.0 Å². The van der Waals surface area contributed by atoms with Gasteiger partial charge in [0.1, 0.15) is 16.0 Å². The summed E-state index contributed by atoms with van der Waals surface area (Å²) in [6.07, 6.45) is 2.44. The summed E-state index contributed by atoms with van der Waals surface area (Å²) in [4.78, 5) is 41.4. The number of hydrogen-bond donors (Lipinski definition) is 0. The number of furan rings is 2. The lowest BCUT2D eigenvalue weighted by atomic mass is 10.3. The maximum Gasteiger partial charge on any atom is 0.433 e. The molecule has 1 unspecified atom stereocenters. The van der Waals surface area contributed by atoms with Gasteiger partial charge in [-0.05, 0) is 18.4 Å². The predicted octanol–water partition coefficient (Wildman–Crippen LogP) is 3.31. The van der Waals surface area contributed by atoms with Crippen molar-refractivity contribution in [1.82, 2.24) is 5.01 Å². The van der Waals surface area contributed by atoms with Crippen LogP contribution in [-0.2, 0) is 4.74 Å². The molecule has 1 aliphatic rings. The summed E-state index contributed by atoms with van der Waals surface area (Å²) in [5, 5.41) is 25.6. The molecule has 166 valence electrons. The normalized spacial score (nSPS) is 15.5. The third-order valence-electron chi connectivity index (χ3n) is 3.49. The molecule has 2 aromatic heterocycles. The van der Waals surface area contributed by atoms with Crippen LogP contribution in [0.5, 0.6) is 0 Å². The van der Waals surface area contributed by atoms with Crippen LogP contribution in [0.15, 0.2) is 38.2 Å². The number of Topliss-reactive ketones (excluding diaryl/α,β-unsaturated/α-hetero) is 1. The van der Waals surface area contributed by atoms with E-state index >= 15 is 0 Å². The van der Waals surface area contributed by atoms with Gasteiger partial charge in [0.2, 0.25) is 5.78 Å². The number of ether oxygens (including phenoxy) is 1. The number of carbonyl (C=O) groups excluding carboxylic acids is 2. The minimum atomic E-state index is -0.717. The average molecular weight is 475 g/mol. The molecule has 3 heterocycles. The Bertz CT molecular complexity index is 989. The summed E-state index contributed by atoms with van der Waals surface area (Å²) in [5.74, 6) is -0.724. The van der Waals surface area contributed by atoms with E-state index < -0.39 is 27.6 Å². The minimum Gasteiger partial charge on any atom is -0.442 e. The number of cyclic esters (lactones) is 1. The fourth-order valence-corrected chi connectivity index (χ4v) is 2.83. The van der Waals surface area contributed by atoms with Crippen molar-refractivity contribution in [1.29, 1.82) is 0 Å². The van der Waals surface area contributed by atoms with Gasteiger partial charge in [0, 0.05) is 5.75 Å². The van der Waals surface area contributed by atoms with Crippen molar-refractivity contribution >= 4 is 53.2 Å². The van der Waals surface area contributed by atoms with Crippen LogP contribution in [0, 0.1) is 20.2 Å². The number of amides is 1. The lowest BCUT2D eigenvalue weighted by Crippen LogP contribution is -2.19. The van der Waals surface area contributed by atoms with E-state index in [0.717, 1.165) is 11.1 Å². The molecule has 1 atom stereocenters. The molecule has 0 aliphatic carbocycles. The van der Waals surface area contributed by atoms with Crippen LogP contribution in [0.2, 0.25) is 0 Å². The average Bonchev–Trinajstić information content (AvgIpc) is 3.46. The Balaban J connectivity index is 0.000000245. The maximum atomic E-state index is 11.4. The second-order valence-electron chi connectivity index (χ2n) is 5.67. The highest BCUT2D eigenvalue weighted by molar-refractivity contribution is 7.98. The zero-order valence-corrected chi connectivity index (χ0v) is 17.4. The number of hydrogen-bond acceptors (Lipinski definition) is 11. The van der Waals surface area contributed by atoms with Crippen LogP contribution in [0.25, 0.3) is 0 Å². The number of alkyl halides is 1. The second-order valence-corrected chi connectivity index (χ2v) is 6.85. The molecule has 13 nitrogen and oxygen atoms in total. The summed E-state index contributed by atoms with van der Waals surface area (Å²) < 4.78 is 14.5. The summed E-state index contributed by atoms with van der Waals surface area (Å²) >= 11 is 6.77. The van der Waals surface area contributed by atoms with Gasteiger partial charge in [-0.15, -0.1) is 11.6 Å². The second kappa shape index (κ2) is 11.1. The number of rotatable bonds is 8. The van der Waals surface area contributed by atoms with Crippen LogP contribution in [0.4, 0.5) is 16.6 Å². The third kappa shape index (κ3) is 6.82. The molecule has 1 fully saturated rings. The van der Waals surface area contributed by atoms with E-state index in [1.165, 1.54) is 24.4 Å². The number of ketones is 1. The largest absolute Gasteiger partial charge is 0.442 e. The molecule has 1 saturated heterocycles. The Kier molecular flexibility index (Phi) is 8.57. The smallest absolute Gasteiger partial charge is 0.433 e. The van der Waals surface area contributed by atoms with E-state index in [4.69, 9.17) is 20.8 Å². The lowest BCUT2D eigenvalue weighted by molar-refractivity contribution is -0.402. The Labute approximate surface area is 183 Å². The summed E-state index contributed by atoms with van der Waals surface area (Å²) in [7, 11) is 0. The summed E-state index contributed by atoms with van der Waals surface area (Å²) in [5.41, 5.74) is 0. The maximum absolute atomic E-state index is 11.4. The van der Waals surface area contributed by atoms with Gasteiger partial charge in [-0.2, -0.15) is 21.9 Å². The van der Waals surface area contributed by atoms with Gasteiger partial charge in [0.15, 0.2) is 11.5 Å². The van der Waals surface area contributed by atoms with Crippen LogP contribution < -0.4 is 0 Å². The molecule has 1 amide bonds. The monoisotopic (exact) mass is 474 g/mol. The SMILES string of the molecule is CSCC1CN(/N=C/c2ccc([N+](=O)[O-])o2)C(=O)O1.O=C(CCl)c1ccc([N+](=O)[O-])o1. The van der Waals surface area contributed by atoms with E-state index in [1.54, 1.807) is 11.8 Å². The van der Waals surface area contributed by atoms with Crippen LogP contribution >= 0.6 is 23.4 Å². The first kappa shape index (κ1) is 23.9. The van der Waals surface area contributed by atoms with Gasteiger partial charge in [-0.3, -0.25) is 25.0 Å². The van der Waals surface area contributed by atoms with Gasteiger partial charge < -0.3 is 13.6 Å². The number of thioether (sulfide) groups is 1. The number of nitro groups is 2. The van der Waals surface area contributed by atoms with Gasteiger partial charge in [0.25, 0.3) is 0 Å². The molecule has 0 N–H and O–H groups in total. The van der Waals surface area contributed by atoms with E-state index in [1.807, 2.05) is 6.26 Å². The summed E-state index contributed by atoms with van der Waals surface area (Å²) in [6.45, 7) is 0.360. The van der Waals surface area contributed by atoms with Crippen LogP contribution in [-0.4, -0.2) is 63.5 Å². The van der Waals surface area contributed by atoms with Crippen molar-refractivity contribution in [3.8, 4) is 0 Å². The first-order valence-corrected chi connectivity index (χ1v) is 10.3. The number of nitrogens with zero attached hydrogens (tertiary/aromatic N) is 4. The fourth-order valence-electron chi connectivity index (χ4n) is 2.15. The Morgan fingerprint density at radius 1 is 1.26 bits per heavy atom. The van der Waals surface area contributed by atoms with Crippen molar-refractivity contribution in [2.45, 2.75) is 6.10 Å². The zero-order chi connectivity index (χ0) is 23.0. The number of halogens is 1. The lowest BCUT2D eigenvalue weighted by Gasteiger charge is -2.04. The Morgan fingerprint density at radius 3 is 2.45 bits per heavy atom. The van der Waals surface area contributed by atoms with Gasteiger partial charge in [-0.25, -0.2) is 4.79 Å².